The van der Waals surface area contributed by atoms with E-state index in [0.717, 1.165) is 29.4 Å². The van der Waals surface area contributed by atoms with Crippen LogP contribution in [0.3, 0.4) is 0 Å². The second kappa shape index (κ2) is 7.72. The maximum Gasteiger partial charge on any atom is 0.130 e. The third-order valence-electron chi connectivity index (χ3n) is 4.10. The minimum Gasteiger partial charge on any atom is -0.497 e. The molecule has 0 saturated carbocycles. The highest BCUT2D eigenvalue weighted by molar-refractivity contribution is 7.11. The molecule has 0 fully saturated rings. The van der Waals surface area contributed by atoms with E-state index in [1.807, 2.05) is 42.2 Å². The van der Waals surface area contributed by atoms with Gasteiger partial charge in [0.15, 0.2) is 0 Å². The summed E-state index contributed by atoms with van der Waals surface area (Å²) in [6.07, 6.45) is 3.77. The topological polar surface area (TPSA) is 48.3 Å². The molecular weight excluding hydrogens is 334 g/mol. The Morgan fingerprint density at radius 3 is 2.40 bits per heavy atom. The molecule has 0 amide bonds. The number of methoxy groups -OCH3 is 2. The van der Waals surface area contributed by atoms with Gasteiger partial charge in [0, 0.05) is 41.8 Å². The fraction of sp³-hybridized carbons (Fsp3) is 0.316. The molecule has 6 heteroatoms. The first-order valence-electron chi connectivity index (χ1n) is 8.09. The van der Waals surface area contributed by atoms with Gasteiger partial charge in [-0.05, 0) is 36.8 Å². The Bertz CT molecular complexity index is 819. The summed E-state index contributed by atoms with van der Waals surface area (Å²) in [5.74, 6) is 2.48. The molecule has 5 nitrogen and oxygen atoms in total. The molecule has 1 N–H and O–H groups in total. The van der Waals surface area contributed by atoms with E-state index in [1.165, 1.54) is 9.75 Å². The van der Waals surface area contributed by atoms with Crippen LogP contribution in [0.25, 0.3) is 0 Å². The first-order valence-corrected chi connectivity index (χ1v) is 8.91. The Balaban J connectivity index is 1.95. The fourth-order valence-electron chi connectivity index (χ4n) is 2.79. The van der Waals surface area contributed by atoms with Crippen LogP contribution in [0.1, 0.15) is 27.2 Å². The predicted molar refractivity (Wildman–Crippen MR) is 100 cm³/mol. The van der Waals surface area contributed by atoms with Gasteiger partial charge in [0.05, 0.1) is 20.3 Å². The zero-order chi connectivity index (χ0) is 17.8. The van der Waals surface area contributed by atoms with E-state index in [0.29, 0.717) is 0 Å². The maximum absolute atomic E-state index is 5.43. The molecule has 3 aromatic rings. The van der Waals surface area contributed by atoms with Crippen LogP contribution >= 0.6 is 11.3 Å². The van der Waals surface area contributed by atoms with Gasteiger partial charge in [-0.15, -0.1) is 11.3 Å². The number of benzene rings is 1. The van der Waals surface area contributed by atoms with Gasteiger partial charge < -0.3 is 14.0 Å². The molecule has 0 bridgehead atoms. The third kappa shape index (κ3) is 4.03. The van der Waals surface area contributed by atoms with Crippen molar-refractivity contribution in [1.82, 2.24) is 14.9 Å². The van der Waals surface area contributed by atoms with E-state index >= 15 is 0 Å². The molecule has 2 aromatic heterocycles. The van der Waals surface area contributed by atoms with Gasteiger partial charge in [-0.25, -0.2) is 4.98 Å². The highest BCUT2D eigenvalue weighted by Gasteiger charge is 2.20. The average molecular weight is 357 g/mol. The van der Waals surface area contributed by atoms with E-state index in [2.05, 4.69) is 29.4 Å². The smallest absolute Gasteiger partial charge is 0.130 e. The molecular formula is C19H23N3O2S. The Hall–Kier alpha value is -2.31. The van der Waals surface area contributed by atoms with Crippen LogP contribution < -0.4 is 14.8 Å². The standard InChI is InChI=1S/C19H23N3O2S/c1-13-5-6-17(25-13)12-21-18(19-20-7-8-22(19)2)14-9-15(23-3)11-16(10-14)24-4/h5-11,18,21H,12H2,1-4H3. The van der Waals surface area contributed by atoms with E-state index in [-0.39, 0.29) is 6.04 Å². The van der Waals surface area contributed by atoms with Crippen molar-refractivity contribution in [2.45, 2.75) is 19.5 Å². The maximum atomic E-state index is 5.43. The van der Waals surface area contributed by atoms with Gasteiger partial charge in [-0.2, -0.15) is 0 Å². The van der Waals surface area contributed by atoms with Gasteiger partial charge >= 0.3 is 0 Å². The molecule has 0 aliphatic rings. The number of thiophene rings is 1. The molecule has 0 radical (unpaired) electrons. The molecule has 1 atom stereocenters. The number of aryl methyl sites for hydroxylation is 2. The fourth-order valence-corrected chi connectivity index (χ4v) is 3.63. The van der Waals surface area contributed by atoms with Gasteiger partial charge in [0.25, 0.3) is 0 Å². The Morgan fingerprint density at radius 2 is 1.88 bits per heavy atom. The molecule has 1 aromatic carbocycles. The number of aromatic nitrogens is 2. The summed E-state index contributed by atoms with van der Waals surface area (Å²) in [5, 5.41) is 3.63. The molecule has 3 rings (SSSR count). The Morgan fingerprint density at radius 1 is 1.16 bits per heavy atom. The lowest BCUT2D eigenvalue weighted by atomic mass is 10.0. The summed E-state index contributed by atoms with van der Waals surface area (Å²) in [7, 11) is 5.33. The minimum absolute atomic E-state index is 0.0635. The number of hydrogen-bond donors (Lipinski definition) is 1. The molecule has 0 aliphatic carbocycles. The second-order valence-corrected chi connectivity index (χ2v) is 7.24. The quantitative estimate of drug-likeness (QED) is 0.701. The van der Waals surface area contributed by atoms with Gasteiger partial charge in [0.1, 0.15) is 17.3 Å². The van der Waals surface area contributed by atoms with Crippen molar-refractivity contribution in [2.75, 3.05) is 14.2 Å². The molecule has 1 unspecified atom stereocenters. The van der Waals surface area contributed by atoms with Gasteiger partial charge in [-0.1, -0.05) is 0 Å². The van der Waals surface area contributed by atoms with E-state index < -0.39 is 0 Å². The lowest BCUT2D eigenvalue weighted by Crippen LogP contribution is -2.24. The molecule has 0 spiro atoms. The van der Waals surface area contributed by atoms with Crippen LogP contribution in [0.2, 0.25) is 0 Å². The van der Waals surface area contributed by atoms with Crippen molar-refractivity contribution in [2.24, 2.45) is 7.05 Å². The SMILES string of the molecule is COc1cc(OC)cc(C(NCc2ccc(C)s2)c2nccn2C)c1. The largest absolute Gasteiger partial charge is 0.497 e. The zero-order valence-electron chi connectivity index (χ0n) is 14.9. The van der Waals surface area contributed by atoms with Crippen molar-refractivity contribution in [3.05, 3.63) is 63.9 Å². The number of hydrogen-bond acceptors (Lipinski definition) is 5. The third-order valence-corrected chi connectivity index (χ3v) is 5.10. The van der Waals surface area contributed by atoms with Gasteiger partial charge in [-0.3, -0.25) is 5.32 Å². The summed E-state index contributed by atoms with van der Waals surface area (Å²) in [5.41, 5.74) is 1.05. The molecule has 132 valence electrons. The van der Waals surface area contributed by atoms with E-state index in [9.17, 15) is 0 Å². The molecule has 25 heavy (non-hydrogen) atoms. The van der Waals surface area contributed by atoms with E-state index in [4.69, 9.17) is 9.47 Å². The van der Waals surface area contributed by atoms with Crippen molar-refractivity contribution in [3.63, 3.8) is 0 Å². The second-order valence-electron chi connectivity index (χ2n) is 5.87. The van der Waals surface area contributed by atoms with Crippen LogP contribution in [-0.2, 0) is 13.6 Å². The van der Waals surface area contributed by atoms with Crippen molar-refractivity contribution in [1.29, 1.82) is 0 Å². The van der Waals surface area contributed by atoms with Crippen LogP contribution in [0.15, 0.2) is 42.7 Å². The number of ether oxygens (including phenoxy) is 2. The number of nitrogens with zero attached hydrogens (tertiary/aromatic N) is 2. The van der Waals surface area contributed by atoms with Crippen LogP contribution in [-0.4, -0.2) is 23.8 Å². The Labute approximate surface area is 152 Å². The van der Waals surface area contributed by atoms with Gasteiger partial charge in [0.2, 0.25) is 0 Å². The highest BCUT2D eigenvalue weighted by Crippen LogP contribution is 2.30. The lowest BCUT2D eigenvalue weighted by Gasteiger charge is -2.20. The summed E-state index contributed by atoms with van der Waals surface area (Å²) >= 11 is 1.80. The lowest BCUT2D eigenvalue weighted by molar-refractivity contribution is 0.392. The van der Waals surface area contributed by atoms with Crippen molar-refractivity contribution < 1.29 is 9.47 Å². The average Bonchev–Trinajstić information content (AvgIpc) is 3.23. The normalized spacial score (nSPS) is 12.2. The Kier molecular flexibility index (Phi) is 5.40. The van der Waals surface area contributed by atoms with E-state index in [1.54, 1.807) is 25.6 Å². The molecule has 0 saturated heterocycles. The predicted octanol–water partition coefficient (Wildman–Crippen LogP) is 3.69. The molecule has 2 heterocycles. The van der Waals surface area contributed by atoms with Crippen molar-refractivity contribution >= 4 is 11.3 Å². The minimum atomic E-state index is -0.0635. The first kappa shape index (κ1) is 17.5. The van der Waals surface area contributed by atoms with Crippen LogP contribution in [0.4, 0.5) is 0 Å². The highest BCUT2D eigenvalue weighted by atomic mass is 32.1. The summed E-state index contributed by atoms with van der Waals surface area (Å²) < 4.78 is 12.9. The number of nitrogens with one attached hydrogen (secondary N) is 1. The zero-order valence-corrected chi connectivity index (χ0v) is 15.8. The summed E-state index contributed by atoms with van der Waals surface area (Å²) in [6, 6.07) is 10.2. The molecule has 0 aliphatic heterocycles. The summed E-state index contributed by atoms with van der Waals surface area (Å²) in [6.45, 7) is 2.90. The number of rotatable bonds is 7. The summed E-state index contributed by atoms with van der Waals surface area (Å²) in [4.78, 5) is 7.15. The van der Waals surface area contributed by atoms with Crippen LogP contribution in [0.5, 0.6) is 11.5 Å². The van der Waals surface area contributed by atoms with Crippen molar-refractivity contribution in [3.8, 4) is 11.5 Å². The monoisotopic (exact) mass is 357 g/mol. The first-order chi connectivity index (χ1) is 12.1. The van der Waals surface area contributed by atoms with Crippen LogP contribution in [0, 0.1) is 6.92 Å². The number of imidazole rings is 1.